The number of aryl methyl sites for hydroxylation is 1. The van der Waals surface area contributed by atoms with Gasteiger partial charge >= 0.3 is 0 Å². The van der Waals surface area contributed by atoms with Gasteiger partial charge in [-0.2, -0.15) is 5.26 Å². The first-order valence-electron chi connectivity index (χ1n) is 8.01. The fraction of sp³-hybridized carbons (Fsp3) is 0.444. The summed E-state index contributed by atoms with van der Waals surface area (Å²) in [6.07, 6.45) is 7.19. The summed E-state index contributed by atoms with van der Waals surface area (Å²) < 4.78 is 0. The van der Waals surface area contributed by atoms with E-state index in [4.69, 9.17) is 21.8 Å². The van der Waals surface area contributed by atoms with Crippen LogP contribution in [0.5, 0.6) is 0 Å². The molecule has 3 rings (SSSR count). The Hall–Kier alpha value is -1.79. The predicted octanol–water partition coefficient (Wildman–Crippen LogP) is 4.87. The molecule has 0 atom stereocenters. The third-order valence-electron chi connectivity index (χ3n) is 4.24. The molecule has 114 valence electrons. The Bertz CT molecular complexity index is 718. The van der Waals surface area contributed by atoms with Crippen LogP contribution in [0.2, 0.25) is 5.02 Å². The third-order valence-corrected chi connectivity index (χ3v) is 4.48. The van der Waals surface area contributed by atoms with E-state index in [-0.39, 0.29) is 0 Å². The van der Waals surface area contributed by atoms with Crippen LogP contribution >= 0.6 is 11.6 Å². The first-order valence-corrected chi connectivity index (χ1v) is 8.39. The summed E-state index contributed by atoms with van der Waals surface area (Å²) in [7, 11) is 0. The van der Waals surface area contributed by atoms with Crippen molar-refractivity contribution in [2.24, 2.45) is 0 Å². The average Bonchev–Trinajstić information content (AvgIpc) is 2.53. The summed E-state index contributed by atoms with van der Waals surface area (Å²) >= 11 is 6.12. The van der Waals surface area contributed by atoms with E-state index in [0.29, 0.717) is 6.42 Å². The van der Waals surface area contributed by atoms with Crippen LogP contribution < -0.4 is 5.32 Å². The second kappa shape index (κ2) is 6.98. The Morgan fingerprint density at radius 1 is 1.23 bits per heavy atom. The second-order valence-corrected chi connectivity index (χ2v) is 6.26. The van der Waals surface area contributed by atoms with Gasteiger partial charge in [-0.05, 0) is 62.3 Å². The van der Waals surface area contributed by atoms with Crippen molar-refractivity contribution >= 4 is 28.2 Å². The number of unbranched alkanes of at least 4 members (excludes halogenated alkanes) is 2. The standard InChI is InChI=1S/C18H20ClN3/c19-13-8-9-15-17(12-13)22-16-7-3-2-6-14(16)18(15)21-11-5-1-4-10-20/h8-9,12H,1-7,11H2,(H,21,22). The first kappa shape index (κ1) is 15.1. The number of pyridine rings is 1. The van der Waals surface area contributed by atoms with E-state index < -0.39 is 0 Å². The molecule has 0 spiro atoms. The van der Waals surface area contributed by atoms with Crippen LogP contribution in [0, 0.1) is 11.3 Å². The summed E-state index contributed by atoms with van der Waals surface area (Å²) in [5.74, 6) is 0. The molecule has 1 N–H and O–H groups in total. The van der Waals surface area contributed by atoms with Gasteiger partial charge in [-0.3, -0.25) is 4.98 Å². The van der Waals surface area contributed by atoms with E-state index in [1.54, 1.807) is 0 Å². The van der Waals surface area contributed by atoms with Crippen molar-refractivity contribution in [3.05, 3.63) is 34.5 Å². The Kier molecular flexibility index (Phi) is 4.80. The molecule has 0 radical (unpaired) electrons. The quantitative estimate of drug-likeness (QED) is 0.801. The topological polar surface area (TPSA) is 48.7 Å². The van der Waals surface area contributed by atoms with Crippen LogP contribution in [-0.4, -0.2) is 11.5 Å². The van der Waals surface area contributed by atoms with Gasteiger partial charge < -0.3 is 5.32 Å². The molecule has 0 amide bonds. The van der Waals surface area contributed by atoms with Gasteiger partial charge in [0.05, 0.1) is 11.6 Å². The smallest absolute Gasteiger partial charge is 0.0741 e. The largest absolute Gasteiger partial charge is 0.384 e. The minimum absolute atomic E-state index is 0.631. The fourth-order valence-corrected chi connectivity index (χ4v) is 3.31. The second-order valence-electron chi connectivity index (χ2n) is 5.82. The highest BCUT2D eigenvalue weighted by atomic mass is 35.5. The van der Waals surface area contributed by atoms with E-state index in [9.17, 15) is 0 Å². The number of nitriles is 1. The zero-order valence-electron chi connectivity index (χ0n) is 12.7. The lowest BCUT2D eigenvalue weighted by Gasteiger charge is -2.21. The number of nitrogens with zero attached hydrogens (tertiary/aromatic N) is 2. The fourth-order valence-electron chi connectivity index (χ4n) is 3.14. The summed E-state index contributed by atoms with van der Waals surface area (Å²) in [4.78, 5) is 4.83. The lowest BCUT2D eigenvalue weighted by molar-refractivity contribution is 0.671. The maximum absolute atomic E-state index is 8.62. The molecule has 0 aliphatic heterocycles. The zero-order chi connectivity index (χ0) is 15.4. The van der Waals surface area contributed by atoms with Gasteiger partial charge in [-0.25, -0.2) is 0 Å². The molecule has 2 aromatic rings. The number of halogens is 1. The molecule has 1 aliphatic carbocycles. The average molecular weight is 314 g/mol. The van der Waals surface area contributed by atoms with Crippen LogP contribution in [0.1, 0.15) is 43.4 Å². The van der Waals surface area contributed by atoms with Gasteiger partial charge in [0.2, 0.25) is 0 Å². The molecule has 0 unspecified atom stereocenters. The molecule has 1 aromatic carbocycles. The van der Waals surface area contributed by atoms with Crippen LogP contribution in [0.25, 0.3) is 10.9 Å². The van der Waals surface area contributed by atoms with Gasteiger partial charge in [0.1, 0.15) is 0 Å². The van der Waals surface area contributed by atoms with Crippen LogP contribution in [0.15, 0.2) is 18.2 Å². The molecule has 3 nitrogen and oxygen atoms in total. The molecule has 22 heavy (non-hydrogen) atoms. The minimum Gasteiger partial charge on any atom is -0.384 e. The van der Waals surface area contributed by atoms with Gasteiger partial charge in [0.15, 0.2) is 0 Å². The van der Waals surface area contributed by atoms with Crippen LogP contribution in [0.4, 0.5) is 5.69 Å². The van der Waals surface area contributed by atoms with Crippen molar-refractivity contribution in [1.29, 1.82) is 5.26 Å². The van der Waals surface area contributed by atoms with Crippen LogP contribution in [-0.2, 0) is 12.8 Å². The molecule has 1 aromatic heterocycles. The zero-order valence-corrected chi connectivity index (χ0v) is 13.4. The van der Waals surface area contributed by atoms with E-state index in [1.165, 1.54) is 29.8 Å². The molecule has 1 heterocycles. The highest BCUT2D eigenvalue weighted by molar-refractivity contribution is 6.31. The maximum Gasteiger partial charge on any atom is 0.0741 e. The van der Waals surface area contributed by atoms with Crippen molar-refractivity contribution in [2.45, 2.75) is 44.9 Å². The van der Waals surface area contributed by atoms with E-state index >= 15 is 0 Å². The third kappa shape index (κ3) is 3.18. The molecule has 0 fully saturated rings. The number of fused-ring (bicyclic) bond motifs is 2. The van der Waals surface area contributed by atoms with E-state index in [2.05, 4.69) is 17.5 Å². The lowest BCUT2D eigenvalue weighted by atomic mass is 9.92. The molecule has 4 heteroatoms. The number of aromatic nitrogens is 1. The van der Waals surface area contributed by atoms with Gasteiger partial charge in [-0.15, -0.1) is 0 Å². The summed E-state index contributed by atoms with van der Waals surface area (Å²) in [6.45, 7) is 0.899. The Morgan fingerprint density at radius 2 is 2.09 bits per heavy atom. The lowest BCUT2D eigenvalue weighted by Crippen LogP contribution is -2.12. The molecule has 0 saturated heterocycles. The number of benzene rings is 1. The Morgan fingerprint density at radius 3 is 2.95 bits per heavy atom. The number of hydrogen-bond acceptors (Lipinski definition) is 3. The molecule has 0 saturated carbocycles. The number of anilines is 1. The Labute approximate surface area is 136 Å². The summed E-state index contributed by atoms with van der Waals surface area (Å²) in [6, 6.07) is 8.15. The maximum atomic E-state index is 8.62. The van der Waals surface area contributed by atoms with Crippen molar-refractivity contribution in [1.82, 2.24) is 4.98 Å². The van der Waals surface area contributed by atoms with Crippen LogP contribution in [0.3, 0.4) is 0 Å². The molecular formula is C18H20ClN3. The molecular weight excluding hydrogens is 294 g/mol. The van der Waals surface area contributed by atoms with Crippen molar-refractivity contribution in [2.75, 3.05) is 11.9 Å². The normalized spacial score (nSPS) is 13.6. The van der Waals surface area contributed by atoms with E-state index in [0.717, 1.165) is 48.2 Å². The Balaban J connectivity index is 1.93. The van der Waals surface area contributed by atoms with Crippen molar-refractivity contribution in [3.63, 3.8) is 0 Å². The molecule has 1 aliphatic rings. The SMILES string of the molecule is N#CCCCCNc1c2c(nc3cc(Cl)ccc13)CCCC2. The summed E-state index contributed by atoms with van der Waals surface area (Å²) in [5, 5.41) is 14.1. The van der Waals surface area contributed by atoms with E-state index in [1.807, 2.05) is 12.1 Å². The highest BCUT2D eigenvalue weighted by Crippen LogP contribution is 2.34. The van der Waals surface area contributed by atoms with Gasteiger partial charge in [-0.1, -0.05) is 11.6 Å². The minimum atomic E-state index is 0.631. The van der Waals surface area contributed by atoms with Gasteiger partial charge in [0.25, 0.3) is 0 Å². The monoisotopic (exact) mass is 313 g/mol. The number of hydrogen-bond donors (Lipinski definition) is 1. The number of rotatable bonds is 5. The first-order chi connectivity index (χ1) is 10.8. The van der Waals surface area contributed by atoms with Gasteiger partial charge in [0, 0.05) is 34.8 Å². The summed E-state index contributed by atoms with van der Waals surface area (Å²) in [5.41, 5.74) is 4.81. The van der Waals surface area contributed by atoms with Crippen molar-refractivity contribution < 1.29 is 0 Å². The highest BCUT2D eigenvalue weighted by Gasteiger charge is 2.18. The molecule has 0 bridgehead atoms. The predicted molar refractivity (Wildman–Crippen MR) is 91.3 cm³/mol. The number of nitrogens with one attached hydrogen (secondary N) is 1. The van der Waals surface area contributed by atoms with Crippen molar-refractivity contribution in [3.8, 4) is 6.07 Å².